The van der Waals surface area contributed by atoms with E-state index in [4.69, 9.17) is 5.73 Å². The van der Waals surface area contributed by atoms with Gasteiger partial charge >= 0.3 is 0 Å². The molecule has 0 saturated carbocycles. The summed E-state index contributed by atoms with van der Waals surface area (Å²) >= 11 is 0. The van der Waals surface area contributed by atoms with Crippen LogP contribution in [0.5, 0.6) is 0 Å². The number of hydrogen-bond acceptors (Lipinski definition) is 6. The van der Waals surface area contributed by atoms with Gasteiger partial charge < -0.3 is 11.1 Å². The summed E-state index contributed by atoms with van der Waals surface area (Å²) < 4.78 is 0. The molecule has 14 heavy (non-hydrogen) atoms. The Bertz CT molecular complexity index is 435. The second kappa shape index (κ2) is 3.29. The molecular formula is C7H9N7. The van der Waals surface area contributed by atoms with Crippen LogP contribution >= 0.6 is 0 Å². The van der Waals surface area contributed by atoms with Crippen LogP contribution in [-0.2, 0) is 0 Å². The van der Waals surface area contributed by atoms with E-state index in [1.807, 2.05) is 13.0 Å². The summed E-state index contributed by atoms with van der Waals surface area (Å²) in [4.78, 5) is 3.92. The highest BCUT2D eigenvalue weighted by Crippen LogP contribution is 2.09. The number of anilines is 3. The zero-order valence-electron chi connectivity index (χ0n) is 7.52. The van der Waals surface area contributed by atoms with Crippen molar-refractivity contribution >= 4 is 17.6 Å². The molecule has 2 aromatic heterocycles. The Hall–Kier alpha value is -2.18. The maximum atomic E-state index is 5.44. The lowest BCUT2D eigenvalue weighted by Crippen LogP contribution is -2.01. The SMILES string of the molecule is Cc1cc(Nc2nncc(N)n2)n[nH]1. The highest BCUT2D eigenvalue weighted by molar-refractivity contribution is 5.48. The van der Waals surface area contributed by atoms with E-state index < -0.39 is 0 Å². The summed E-state index contributed by atoms with van der Waals surface area (Å²) in [5, 5.41) is 17.0. The third kappa shape index (κ3) is 1.76. The molecular weight excluding hydrogens is 182 g/mol. The zero-order valence-corrected chi connectivity index (χ0v) is 7.52. The maximum Gasteiger partial charge on any atom is 0.250 e. The number of aromatic amines is 1. The van der Waals surface area contributed by atoms with Gasteiger partial charge in [-0.2, -0.15) is 15.2 Å². The van der Waals surface area contributed by atoms with E-state index in [2.05, 4.69) is 30.7 Å². The molecule has 0 aliphatic heterocycles. The van der Waals surface area contributed by atoms with Gasteiger partial charge in [0.15, 0.2) is 5.82 Å². The summed E-state index contributed by atoms with van der Waals surface area (Å²) in [6, 6.07) is 1.83. The minimum atomic E-state index is 0.315. The smallest absolute Gasteiger partial charge is 0.250 e. The van der Waals surface area contributed by atoms with E-state index in [1.54, 1.807) is 0 Å². The lowest BCUT2D eigenvalue weighted by Gasteiger charge is -1.98. The third-order valence-corrected chi connectivity index (χ3v) is 1.52. The molecule has 0 bridgehead atoms. The lowest BCUT2D eigenvalue weighted by atomic mass is 10.5. The molecule has 0 spiro atoms. The summed E-state index contributed by atoms with van der Waals surface area (Å²) in [7, 11) is 0. The molecule has 7 heteroatoms. The number of rotatable bonds is 2. The molecule has 0 atom stereocenters. The molecule has 4 N–H and O–H groups in total. The number of H-pyrrole nitrogens is 1. The monoisotopic (exact) mass is 191 g/mol. The van der Waals surface area contributed by atoms with Gasteiger partial charge in [0.1, 0.15) is 5.82 Å². The number of aromatic nitrogens is 5. The largest absolute Gasteiger partial charge is 0.382 e. The van der Waals surface area contributed by atoms with Gasteiger partial charge in [-0.25, -0.2) is 0 Å². The van der Waals surface area contributed by atoms with E-state index in [9.17, 15) is 0 Å². The molecule has 0 unspecified atom stereocenters. The van der Waals surface area contributed by atoms with Gasteiger partial charge in [-0.1, -0.05) is 0 Å². The first-order valence-corrected chi connectivity index (χ1v) is 3.98. The first kappa shape index (κ1) is 8.42. The third-order valence-electron chi connectivity index (χ3n) is 1.52. The van der Waals surface area contributed by atoms with Crippen molar-refractivity contribution in [3.8, 4) is 0 Å². The summed E-state index contributed by atoms with van der Waals surface area (Å²) in [6.07, 6.45) is 1.38. The zero-order chi connectivity index (χ0) is 9.97. The fourth-order valence-electron chi connectivity index (χ4n) is 0.966. The average molecular weight is 191 g/mol. The van der Waals surface area contributed by atoms with Crippen molar-refractivity contribution in [1.82, 2.24) is 25.4 Å². The van der Waals surface area contributed by atoms with Crippen LogP contribution in [0.4, 0.5) is 17.6 Å². The van der Waals surface area contributed by atoms with Crippen molar-refractivity contribution < 1.29 is 0 Å². The van der Waals surface area contributed by atoms with Crippen LogP contribution in [0.15, 0.2) is 12.3 Å². The molecule has 2 aromatic rings. The molecule has 2 rings (SSSR count). The first-order chi connectivity index (χ1) is 6.74. The van der Waals surface area contributed by atoms with Gasteiger partial charge in [0.25, 0.3) is 0 Å². The van der Waals surface area contributed by atoms with E-state index in [0.29, 0.717) is 17.6 Å². The van der Waals surface area contributed by atoms with Gasteiger partial charge in [0.2, 0.25) is 5.95 Å². The van der Waals surface area contributed by atoms with E-state index in [1.165, 1.54) is 6.20 Å². The Kier molecular flexibility index (Phi) is 1.98. The van der Waals surface area contributed by atoms with Crippen molar-refractivity contribution in [2.75, 3.05) is 11.1 Å². The number of nitrogen functional groups attached to an aromatic ring is 1. The standard InChI is InChI=1S/C7H9N7/c1-4-2-6(13-12-4)11-7-10-5(8)3-9-14-7/h2-3H,1H3,(H4,8,10,11,12,13,14). The fourth-order valence-corrected chi connectivity index (χ4v) is 0.966. The van der Waals surface area contributed by atoms with Gasteiger partial charge in [-0.3, -0.25) is 5.10 Å². The van der Waals surface area contributed by atoms with Crippen molar-refractivity contribution in [3.05, 3.63) is 18.0 Å². The van der Waals surface area contributed by atoms with E-state index >= 15 is 0 Å². The molecule has 2 heterocycles. The van der Waals surface area contributed by atoms with Crippen molar-refractivity contribution in [2.45, 2.75) is 6.92 Å². The minimum Gasteiger partial charge on any atom is -0.382 e. The number of hydrogen-bond donors (Lipinski definition) is 3. The molecule has 7 nitrogen and oxygen atoms in total. The van der Waals surface area contributed by atoms with Crippen LogP contribution in [0, 0.1) is 6.92 Å². The van der Waals surface area contributed by atoms with E-state index in [-0.39, 0.29) is 0 Å². The van der Waals surface area contributed by atoms with Gasteiger partial charge in [0, 0.05) is 11.8 Å². The Morgan fingerprint density at radius 3 is 3.00 bits per heavy atom. The fraction of sp³-hybridized carbons (Fsp3) is 0.143. The number of nitrogens with two attached hydrogens (primary N) is 1. The predicted molar refractivity (Wildman–Crippen MR) is 50.8 cm³/mol. The predicted octanol–water partition coefficient (Wildman–Crippen LogP) is 0.229. The molecule has 0 saturated heterocycles. The van der Waals surface area contributed by atoms with E-state index in [0.717, 1.165) is 5.69 Å². The average Bonchev–Trinajstić information content (AvgIpc) is 2.51. The highest BCUT2D eigenvalue weighted by Gasteiger charge is 2.01. The summed E-state index contributed by atoms with van der Waals surface area (Å²) in [5.74, 6) is 1.28. The molecule has 0 fully saturated rings. The molecule has 0 aliphatic rings. The quantitative estimate of drug-likeness (QED) is 0.627. The molecule has 0 radical (unpaired) electrons. The van der Waals surface area contributed by atoms with Crippen LogP contribution < -0.4 is 11.1 Å². The highest BCUT2D eigenvalue weighted by atomic mass is 15.3. The molecule has 72 valence electrons. The van der Waals surface area contributed by atoms with Crippen molar-refractivity contribution in [2.24, 2.45) is 0 Å². The van der Waals surface area contributed by atoms with Crippen LogP contribution in [0.2, 0.25) is 0 Å². The van der Waals surface area contributed by atoms with Crippen LogP contribution in [0.1, 0.15) is 5.69 Å². The van der Waals surface area contributed by atoms with Crippen molar-refractivity contribution in [1.29, 1.82) is 0 Å². The molecule has 0 aromatic carbocycles. The van der Waals surface area contributed by atoms with Gasteiger partial charge in [0.05, 0.1) is 6.20 Å². The Morgan fingerprint density at radius 2 is 2.36 bits per heavy atom. The van der Waals surface area contributed by atoms with Crippen LogP contribution in [-0.4, -0.2) is 25.4 Å². The van der Waals surface area contributed by atoms with Gasteiger partial charge in [-0.15, -0.1) is 5.10 Å². The number of nitrogens with zero attached hydrogens (tertiary/aromatic N) is 4. The summed E-state index contributed by atoms with van der Waals surface area (Å²) in [6.45, 7) is 1.90. The minimum absolute atomic E-state index is 0.315. The normalized spacial score (nSPS) is 10.1. The lowest BCUT2D eigenvalue weighted by molar-refractivity contribution is 0.977. The summed E-state index contributed by atoms with van der Waals surface area (Å²) in [5.41, 5.74) is 6.38. The van der Waals surface area contributed by atoms with Crippen molar-refractivity contribution in [3.63, 3.8) is 0 Å². The maximum absolute atomic E-state index is 5.44. The second-order valence-electron chi connectivity index (χ2n) is 2.77. The number of aryl methyl sites for hydroxylation is 1. The Morgan fingerprint density at radius 1 is 1.50 bits per heavy atom. The molecule has 0 aliphatic carbocycles. The molecule has 0 amide bonds. The Balaban J connectivity index is 2.18. The first-order valence-electron chi connectivity index (χ1n) is 3.98. The van der Waals surface area contributed by atoms with Gasteiger partial charge in [-0.05, 0) is 6.92 Å². The topological polar surface area (TPSA) is 105 Å². The van der Waals surface area contributed by atoms with Crippen LogP contribution in [0.25, 0.3) is 0 Å². The number of nitrogens with one attached hydrogen (secondary N) is 2. The second-order valence-corrected chi connectivity index (χ2v) is 2.77. The van der Waals surface area contributed by atoms with Crippen LogP contribution in [0.3, 0.4) is 0 Å². The Labute approximate surface area is 79.8 Å².